The molecule has 45 valence electrons. The fourth-order valence-corrected chi connectivity index (χ4v) is 1.67. The molecule has 1 heterocycles. The Morgan fingerprint density at radius 3 is 2.75 bits per heavy atom. The van der Waals surface area contributed by atoms with Crippen molar-refractivity contribution in [1.82, 2.24) is 5.32 Å². The van der Waals surface area contributed by atoms with Gasteiger partial charge in [-0.1, -0.05) is 12.8 Å². The Kier molecular flexibility index (Phi) is 1.04. The molecule has 1 saturated heterocycles. The van der Waals surface area contributed by atoms with Crippen molar-refractivity contribution < 1.29 is 0 Å². The predicted molar refractivity (Wildman–Crippen MR) is 33.2 cm³/mol. The van der Waals surface area contributed by atoms with E-state index in [-0.39, 0.29) is 0 Å². The summed E-state index contributed by atoms with van der Waals surface area (Å²) in [6, 6.07) is 1.65. The molecule has 2 aliphatic rings. The third-order valence-corrected chi connectivity index (χ3v) is 2.32. The Morgan fingerprint density at radius 1 is 1.38 bits per heavy atom. The topological polar surface area (TPSA) is 12.0 Å². The summed E-state index contributed by atoms with van der Waals surface area (Å²) in [6.45, 7) is 1.27. The van der Waals surface area contributed by atoms with Crippen molar-refractivity contribution in [2.24, 2.45) is 5.92 Å². The highest BCUT2D eigenvalue weighted by Crippen LogP contribution is 2.34. The lowest BCUT2D eigenvalue weighted by Gasteiger charge is -2.40. The summed E-state index contributed by atoms with van der Waals surface area (Å²) in [4.78, 5) is 0. The summed E-state index contributed by atoms with van der Waals surface area (Å²) in [5.41, 5.74) is 0. The van der Waals surface area contributed by atoms with Crippen LogP contribution in [0.25, 0.3) is 0 Å². The highest BCUT2D eigenvalue weighted by Gasteiger charge is 2.32. The highest BCUT2D eigenvalue weighted by atomic mass is 15.0. The van der Waals surface area contributed by atoms with E-state index < -0.39 is 0 Å². The molecule has 2 fully saturated rings. The Hall–Kier alpha value is -0.0400. The van der Waals surface area contributed by atoms with Crippen molar-refractivity contribution in [3.05, 3.63) is 6.04 Å². The van der Waals surface area contributed by atoms with Crippen LogP contribution in [0, 0.1) is 12.0 Å². The average Bonchev–Trinajstić information content (AvgIpc) is 1.72. The minimum atomic E-state index is 0.990. The van der Waals surface area contributed by atoms with E-state index >= 15 is 0 Å². The van der Waals surface area contributed by atoms with Gasteiger partial charge in [-0.2, -0.15) is 0 Å². The number of nitrogens with one attached hydrogen (secondary N) is 1. The average molecular weight is 110 g/mol. The fourth-order valence-electron chi connectivity index (χ4n) is 1.67. The second-order valence-corrected chi connectivity index (χ2v) is 2.85. The van der Waals surface area contributed by atoms with Crippen LogP contribution in [0.4, 0.5) is 0 Å². The SMILES string of the molecule is C1CCC2CN[C]2C1. The molecule has 1 heteroatoms. The van der Waals surface area contributed by atoms with Crippen molar-refractivity contribution in [3.63, 3.8) is 0 Å². The van der Waals surface area contributed by atoms with Crippen molar-refractivity contribution in [1.29, 1.82) is 0 Å². The van der Waals surface area contributed by atoms with Gasteiger partial charge >= 0.3 is 0 Å². The third kappa shape index (κ3) is 0.576. The van der Waals surface area contributed by atoms with E-state index in [9.17, 15) is 0 Å². The molecule has 1 N–H and O–H groups in total. The molecule has 0 aromatic heterocycles. The Bertz CT molecular complexity index is 78.4. The van der Waals surface area contributed by atoms with Gasteiger partial charge in [-0.25, -0.2) is 0 Å². The Morgan fingerprint density at radius 2 is 2.38 bits per heavy atom. The molecule has 0 amide bonds. The lowest BCUT2D eigenvalue weighted by Crippen LogP contribution is -2.47. The molecule has 0 bridgehead atoms. The monoisotopic (exact) mass is 110 g/mol. The van der Waals surface area contributed by atoms with Crippen LogP contribution >= 0.6 is 0 Å². The van der Waals surface area contributed by atoms with Gasteiger partial charge in [-0.3, -0.25) is 0 Å². The molecule has 0 aromatic carbocycles. The Labute approximate surface area is 50.5 Å². The maximum atomic E-state index is 3.36. The molecule has 0 aromatic rings. The first-order valence-corrected chi connectivity index (χ1v) is 3.56. The van der Waals surface area contributed by atoms with E-state index in [4.69, 9.17) is 0 Å². The molecule has 1 radical (unpaired) electrons. The van der Waals surface area contributed by atoms with Gasteiger partial charge in [0.1, 0.15) is 0 Å². The zero-order chi connectivity index (χ0) is 5.40. The van der Waals surface area contributed by atoms with Gasteiger partial charge < -0.3 is 5.32 Å². The standard InChI is InChI=1S/C7H12N/c1-2-4-7-6(3-1)5-8-7/h6,8H,1-5H2. The van der Waals surface area contributed by atoms with Crippen LogP contribution in [0.5, 0.6) is 0 Å². The highest BCUT2D eigenvalue weighted by molar-refractivity contribution is 5.06. The van der Waals surface area contributed by atoms with Crippen molar-refractivity contribution in [2.45, 2.75) is 25.7 Å². The molecule has 8 heavy (non-hydrogen) atoms. The zero-order valence-corrected chi connectivity index (χ0v) is 5.11. The fraction of sp³-hybridized carbons (Fsp3) is 0.857. The summed E-state index contributed by atoms with van der Waals surface area (Å²) < 4.78 is 0. The molecule has 1 unspecified atom stereocenters. The van der Waals surface area contributed by atoms with E-state index in [2.05, 4.69) is 5.32 Å². The minimum absolute atomic E-state index is 0.990. The van der Waals surface area contributed by atoms with Crippen LogP contribution in [0.1, 0.15) is 25.7 Å². The summed E-state index contributed by atoms with van der Waals surface area (Å²) in [6.07, 6.45) is 5.72. The number of rotatable bonds is 0. The summed E-state index contributed by atoms with van der Waals surface area (Å²) >= 11 is 0. The lowest BCUT2D eigenvalue weighted by atomic mass is 9.79. The molecule has 1 atom stereocenters. The van der Waals surface area contributed by atoms with E-state index in [1.807, 2.05) is 0 Å². The predicted octanol–water partition coefficient (Wildman–Crippen LogP) is 1.31. The Balaban J connectivity index is 1.92. The molecular weight excluding hydrogens is 98.1 g/mol. The molecule has 1 aliphatic heterocycles. The molecule has 2 rings (SSSR count). The summed E-state index contributed by atoms with van der Waals surface area (Å²) in [5, 5.41) is 3.36. The van der Waals surface area contributed by atoms with E-state index in [1.54, 1.807) is 6.04 Å². The van der Waals surface area contributed by atoms with Gasteiger partial charge in [0.25, 0.3) is 0 Å². The molecule has 1 saturated carbocycles. The van der Waals surface area contributed by atoms with Gasteiger partial charge in [-0.15, -0.1) is 0 Å². The maximum Gasteiger partial charge on any atom is 0.0408 e. The quantitative estimate of drug-likeness (QED) is 0.495. The molecule has 1 aliphatic carbocycles. The third-order valence-electron chi connectivity index (χ3n) is 2.32. The normalized spacial score (nSPS) is 38.2. The second-order valence-electron chi connectivity index (χ2n) is 2.85. The first-order valence-electron chi connectivity index (χ1n) is 3.56. The van der Waals surface area contributed by atoms with Crippen molar-refractivity contribution in [3.8, 4) is 0 Å². The van der Waals surface area contributed by atoms with Gasteiger partial charge in [-0.05, 0) is 18.8 Å². The van der Waals surface area contributed by atoms with Crippen LogP contribution in [0.2, 0.25) is 0 Å². The van der Waals surface area contributed by atoms with Gasteiger partial charge in [0, 0.05) is 12.6 Å². The van der Waals surface area contributed by atoms with Gasteiger partial charge in [0.15, 0.2) is 0 Å². The van der Waals surface area contributed by atoms with Gasteiger partial charge in [0.2, 0.25) is 0 Å². The van der Waals surface area contributed by atoms with E-state index in [1.165, 1.54) is 32.2 Å². The van der Waals surface area contributed by atoms with Crippen LogP contribution in [0.15, 0.2) is 0 Å². The number of fused-ring (bicyclic) bond motifs is 1. The molecule has 0 spiro atoms. The number of hydrogen-bond acceptors (Lipinski definition) is 1. The van der Waals surface area contributed by atoms with Crippen LogP contribution < -0.4 is 5.32 Å². The summed E-state index contributed by atoms with van der Waals surface area (Å²) in [5.74, 6) is 0.990. The van der Waals surface area contributed by atoms with Crippen LogP contribution in [-0.4, -0.2) is 6.54 Å². The molecule has 1 nitrogen and oxygen atoms in total. The first-order chi connectivity index (χ1) is 3.97. The van der Waals surface area contributed by atoms with Crippen molar-refractivity contribution in [2.75, 3.05) is 6.54 Å². The minimum Gasteiger partial charge on any atom is -0.309 e. The van der Waals surface area contributed by atoms with Crippen molar-refractivity contribution >= 4 is 0 Å². The number of hydrogen-bond donors (Lipinski definition) is 1. The molecular formula is C7H12N. The zero-order valence-electron chi connectivity index (χ0n) is 5.11. The van der Waals surface area contributed by atoms with Gasteiger partial charge in [0.05, 0.1) is 0 Å². The maximum absolute atomic E-state index is 3.36. The summed E-state index contributed by atoms with van der Waals surface area (Å²) in [7, 11) is 0. The lowest BCUT2D eigenvalue weighted by molar-refractivity contribution is 0.259. The van der Waals surface area contributed by atoms with E-state index in [0.29, 0.717) is 0 Å². The first kappa shape index (κ1) is 4.80. The largest absolute Gasteiger partial charge is 0.309 e. The van der Waals surface area contributed by atoms with Crippen LogP contribution in [-0.2, 0) is 0 Å². The second kappa shape index (κ2) is 1.73. The smallest absolute Gasteiger partial charge is 0.0408 e. The van der Waals surface area contributed by atoms with E-state index in [0.717, 1.165) is 5.92 Å². The van der Waals surface area contributed by atoms with Crippen LogP contribution in [0.3, 0.4) is 0 Å².